The molecule has 3 aromatic rings. The second-order valence-corrected chi connectivity index (χ2v) is 8.76. The van der Waals surface area contributed by atoms with Gasteiger partial charge in [-0.2, -0.15) is 4.52 Å². The van der Waals surface area contributed by atoms with Gasteiger partial charge < -0.3 is 19.7 Å². The summed E-state index contributed by atoms with van der Waals surface area (Å²) in [6, 6.07) is 5.44. The topological polar surface area (TPSA) is 98.1 Å². The summed E-state index contributed by atoms with van der Waals surface area (Å²) in [5, 5.41) is 7.99. The van der Waals surface area contributed by atoms with E-state index >= 15 is 0 Å². The molecule has 4 rings (SSSR count). The highest BCUT2D eigenvalue weighted by Crippen LogP contribution is 2.28. The third kappa shape index (κ3) is 4.55. The molecule has 0 bridgehead atoms. The number of methoxy groups -OCH3 is 1. The Kier molecular flexibility index (Phi) is 6.59. The van der Waals surface area contributed by atoms with Crippen LogP contribution in [0.1, 0.15) is 42.6 Å². The summed E-state index contributed by atoms with van der Waals surface area (Å²) in [5.74, 6) is 1.43. The van der Waals surface area contributed by atoms with Gasteiger partial charge in [-0.3, -0.25) is 9.59 Å². The third-order valence-electron chi connectivity index (χ3n) is 5.56. The van der Waals surface area contributed by atoms with Crippen LogP contribution in [0.15, 0.2) is 29.2 Å². The fourth-order valence-corrected chi connectivity index (χ4v) is 4.55. The number of hydrogen-bond acceptors (Lipinski definition) is 8. The fraction of sp³-hybridized carbons (Fsp3) is 0.455. The number of aromatic nitrogens is 3. The predicted molar refractivity (Wildman–Crippen MR) is 123 cm³/mol. The number of ether oxygens (including phenoxy) is 2. The molecular formula is C22H27N5O4S. The van der Waals surface area contributed by atoms with E-state index in [1.165, 1.54) is 22.0 Å². The van der Waals surface area contributed by atoms with E-state index in [1.807, 2.05) is 13.0 Å². The number of rotatable bonds is 7. The molecule has 1 aromatic carbocycles. The second-order valence-electron chi connectivity index (χ2n) is 7.83. The Labute approximate surface area is 190 Å². The van der Waals surface area contributed by atoms with Gasteiger partial charge in [0.2, 0.25) is 10.1 Å². The number of benzene rings is 1. The molecule has 0 aliphatic carbocycles. The second kappa shape index (κ2) is 9.56. The summed E-state index contributed by atoms with van der Waals surface area (Å²) in [4.78, 5) is 32.6. The zero-order valence-corrected chi connectivity index (χ0v) is 19.3. The van der Waals surface area contributed by atoms with Crippen molar-refractivity contribution in [2.45, 2.75) is 33.2 Å². The van der Waals surface area contributed by atoms with Crippen LogP contribution in [-0.2, 0) is 6.54 Å². The third-order valence-corrected chi connectivity index (χ3v) is 6.54. The van der Waals surface area contributed by atoms with Crippen molar-refractivity contribution in [1.29, 1.82) is 0 Å². The highest BCUT2D eigenvalue weighted by Gasteiger charge is 2.21. The molecule has 1 saturated heterocycles. The monoisotopic (exact) mass is 457 g/mol. The summed E-state index contributed by atoms with van der Waals surface area (Å²) in [6.07, 6.45) is 3.52. The van der Waals surface area contributed by atoms with E-state index in [2.05, 4.69) is 27.2 Å². The Morgan fingerprint density at radius 2 is 2.06 bits per heavy atom. The first-order valence-electron chi connectivity index (χ1n) is 10.7. The van der Waals surface area contributed by atoms with E-state index in [9.17, 15) is 9.59 Å². The molecule has 10 heteroatoms. The maximum atomic E-state index is 12.9. The van der Waals surface area contributed by atoms with Crippen LogP contribution >= 0.6 is 11.3 Å². The van der Waals surface area contributed by atoms with Crippen molar-refractivity contribution in [2.75, 3.05) is 31.7 Å². The Bertz CT molecular complexity index is 1170. The number of anilines is 1. The van der Waals surface area contributed by atoms with E-state index in [4.69, 9.17) is 9.47 Å². The first-order chi connectivity index (χ1) is 15.5. The van der Waals surface area contributed by atoms with E-state index in [0.717, 1.165) is 36.6 Å². The number of nitrogens with one attached hydrogen (secondary N) is 1. The lowest BCUT2D eigenvalue weighted by Gasteiger charge is -2.29. The van der Waals surface area contributed by atoms with Gasteiger partial charge in [0.15, 0.2) is 11.5 Å². The number of carbonyl (C=O) groups is 1. The molecule has 1 aliphatic heterocycles. The largest absolute Gasteiger partial charge is 0.493 e. The molecule has 1 fully saturated rings. The predicted octanol–water partition coefficient (Wildman–Crippen LogP) is 2.72. The standard InChI is InChI=1S/C22H27N5O4S/c1-4-31-17-6-5-15(11-18(17)30-3)12-23-19(28)16-13-24-21-27(20(16)29)25-22(32-21)26-9-7-14(2)8-10-26/h5-6,11,13-14H,4,7-10,12H2,1-3H3,(H,23,28). The van der Waals surface area contributed by atoms with Crippen molar-refractivity contribution >= 4 is 27.3 Å². The van der Waals surface area contributed by atoms with Gasteiger partial charge in [-0.05, 0) is 43.4 Å². The molecule has 0 radical (unpaired) electrons. The number of carbonyl (C=O) groups excluding carboxylic acids is 1. The number of piperidine rings is 1. The summed E-state index contributed by atoms with van der Waals surface area (Å²) < 4.78 is 12.1. The minimum absolute atomic E-state index is 0.0375. The van der Waals surface area contributed by atoms with Gasteiger partial charge in [0, 0.05) is 25.8 Å². The van der Waals surface area contributed by atoms with Gasteiger partial charge in [-0.25, -0.2) is 4.98 Å². The van der Waals surface area contributed by atoms with Crippen molar-refractivity contribution < 1.29 is 14.3 Å². The number of nitrogens with zero attached hydrogens (tertiary/aromatic N) is 4. The molecule has 0 spiro atoms. The number of fused-ring (bicyclic) bond motifs is 1. The Balaban J connectivity index is 1.49. The molecule has 1 aliphatic rings. The number of hydrogen-bond donors (Lipinski definition) is 1. The van der Waals surface area contributed by atoms with Crippen molar-refractivity contribution in [3.63, 3.8) is 0 Å². The van der Waals surface area contributed by atoms with Crippen LogP contribution in [0, 0.1) is 5.92 Å². The van der Waals surface area contributed by atoms with Gasteiger partial charge in [-0.1, -0.05) is 24.3 Å². The zero-order valence-electron chi connectivity index (χ0n) is 18.5. The maximum Gasteiger partial charge on any atom is 0.288 e. The van der Waals surface area contributed by atoms with Crippen LogP contribution in [0.2, 0.25) is 0 Å². The van der Waals surface area contributed by atoms with Gasteiger partial charge >= 0.3 is 0 Å². The molecule has 1 amide bonds. The van der Waals surface area contributed by atoms with Crippen molar-refractivity contribution in [3.05, 3.63) is 45.9 Å². The molecule has 0 unspecified atom stereocenters. The van der Waals surface area contributed by atoms with E-state index in [1.54, 1.807) is 19.2 Å². The highest BCUT2D eigenvalue weighted by atomic mass is 32.1. The van der Waals surface area contributed by atoms with E-state index < -0.39 is 11.5 Å². The lowest BCUT2D eigenvalue weighted by molar-refractivity contribution is 0.0948. The molecular weight excluding hydrogens is 430 g/mol. The number of amides is 1. The summed E-state index contributed by atoms with van der Waals surface area (Å²) in [6.45, 7) is 6.73. The SMILES string of the molecule is CCOc1ccc(CNC(=O)c2cnc3sc(N4CCC(C)CC4)nn3c2=O)cc1OC. The summed E-state index contributed by atoms with van der Waals surface area (Å²) in [5.41, 5.74) is 0.317. The zero-order chi connectivity index (χ0) is 22.7. The summed E-state index contributed by atoms with van der Waals surface area (Å²) in [7, 11) is 1.56. The first kappa shape index (κ1) is 22.1. The van der Waals surface area contributed by atoms with Gasteiger partial charge in [0.1, 0.15) is 5.56 Å². The van der Waals surface area contributed by atoms with Crippen LogP contribution < -0.4 is 25.2 Å². The highest BCUT2D eigenvalue weighted by molar-refractivity contribution is 7.20. The van der Waals surface area contributed by atoms with Crippen LogP contribution in [0.25, 0.3) is 4.96 Å². The van der Waals surface area contributed by atoms with Crippen LogP contribution in [0.5, 0.6) is 11.5 Å². The summed E-state index contributed by atoms with van der Waals surface area (Å²) >= 11 is 1.37. The van der Waals surface area contributed by atoms with Crippen LogP contribution in [-0.4, -0.2) is 47.3 Å². The lowest BCUT2D eigenvalue weighted by Crippen LogP contribution is -2.33. The molecule has 0 atom stereocenters. The lowest BCUT2D eigenvalue weighted by atomic mass is 10.00. The van der Waals surface area contributed by atoms with Crippen molar-refractivity contribution in [2.24, 2.45) is 5.92 Å². The van der Waals surface area contributed by atoms with Crippen molar-refractivity contribution in [3.8, 4) is 11.5 Å². The minimum Gasteiger partial charge on any atom is -0.493 e. The van der Waals surface area contributed by atoms with Crippen LogP contribution in [0.4, 0.5) is 5.13 Å². The van der Waals surface area contributed by atoms with E-state index in [0.29, 0.717) is 29.0 Å². The Morgan fingerprint density at radius 1 is 1.28 bits per heavy atom. The normalized spacial score (nSPS) is 14.5. The first-order valence-corrected chi connectivity index (χ1v) is 11.5. The molecule has 32 heavy (non-hydrogen) atoms. The Morgan fingerprint density at radius 3 is 2.78 bits per heavy atom. The van der Waals surface area contributed by atoms with Crippen LogP contribution in [0.3, 0.4) is 0 Å². The fourth-order valence-electron chi connectivity index (χ4n) is 3.63. The van der Waals surface area contributed by atoms with Gasteiger partial charge in [0.05, 0.1) is 13.7 Å². The minimum atomic E-state index is -0.494. The van der Waals surface area contributed by atoms with Gasteiger partial charge in [-0.15, -0.1) is 5.10 Å². The smallest absolute Gasteiger partial charge is 0.288 e. The molecule has 1 N–H and O–H groups in total. The molecule has 0 saturated carbocycles. The van der Waals surface area contributed by atoms with E-state index in [-0.39, 0.29) is 12.1 Å². The molecule has 170 valence electrons. The quantitative estimate of drug-likeness (QED) is 0.582. The average molecular weight is 458 g/mol. The van der Waals surface area contributed by atoms with Gasteiger partial charge in [0.25, 0.3) is 11.5 Å². The molecule has 9 nitrogen and oxygen atoms in total. The molecule has 3 heterocycles. The maximum absolute atomic E-state index is 12.9. The van der Waals surface area contributed by atoms with Crippen molar-refractivity contribution in [1.82, 2.24) is 19.9 Å². The Hall–Kier alpha value is -3.14. The molecule has 2 aromatic heterocycles. The average Bonchev–Trinajstić information content (AvgIpc) is 3.24.